The molecule has 0 saturated carbocycles. The maximum Gasteiger partial charge on any atom is 0.390 e. The third kappa shape index (κ3) is 9.01. The molecule has 0 aromatic heterocycles. The standard InChI is InChI=1S/C13H27F3N4/c1-5-17-12(18-9-8-13(14,15)16)19-10-11(4)20(6-2)7-3/h11H,5-10H2,1-4H3,(H2,17,18,19). The van der Waals surface area contributed by atoms with Crippen LogP contribution in [-0.2, 0) is 0 Å². The fourth-order valence-corrected chi connectivity index (χ4v) is 1.85. The van der Waals surface area contributed by atoms with Gasteiger partial charge in [0, 0.05) is 19.1 Å². The van der Waals surface area contributed by atoms with E-state index in [-0.39, 0.29) is 12.6 Å². The van der Waals surface area contributed by atoms with Crippen LogP contribution < -0.4 is 10.6 Å². The molecule has 0 bridgehead atoms. The van der Waals surface area contributed by atoms with Crippen LogP contribution in [0.4, 0.5) is 13.2 Å². The highest BCUT2D eigenvalue weighted by Crippen LogP contribution is 2.17. The van der Waals surface area contributed by atoms with Gasteiger partial charge in [0.25, 0.3) is 0 Å². The maximum absolute atomic E-state index is 12.1. The number of hydrogen-bond acceptors (Lipinski definition) is 2. The highest BCUT2D eigenvalue weighted by molar-refractivity contribution is 5.79. The average molecular weight is 296 g/mol. The summed E-state index contributed by atoms with van der Waals surface area (Å²) in [4.78, 5) is 6.59. The smallest absolute Gasteiger partial charge is 0.357 e. The Morgan fingerprint density at radius 2 is 1.75 bits per heavy atom. The summed E-state index contributed by atoms with van der Waals surface area (Å²) in [7, 11) is 0. The van der Waals surface area contributed by atoms with E-state index in [1.807, 2.05) is 6.92 Å². The number of rotatable bonds is 8. The van der Waals surface area contributed by atoms with E-state index in [2.05, 4.69) is 41.3 Å². The van der Waals surface area contributed by atoms with Crippen LogP contribution in [0.1, 0.15) is 34.1 Å². The molecule has 0 amide bonds. The van der Waals surface area contributed by atoms with E-state index in [1.165, 1.54) is 0 Å². The lowest BCUT2D eigenvalue weighted by molar-refractivity contribution is -0.132. The summed E-state index contributed by atoms with van der Waals surface area (Å²) in [5, 5.41) is 5.66. The van der Waals surface area contributed by atoms with Crippen LogP contribution in [-0.4, -0.2) is 55.8 Å². The van der Waals surface area contributed by atoms with Gasteiger partial charge in [-0.3, -0.25) is 9.89 Å². The van der Waals surface area contributed by atoms with Crippen molar-refractivity contribution in [1.29, 1.82) is 0 Å². The van der Waals surface area contributed by atoms with Gasteiger partial charge in [0.2, 0.25) is 0 Å². The largest absolute Gasteiger partial charge is 0.390 e. The molecule has 0 rings (SSSR count). The van der Waals surface area contributed by atoms with Crippen molar-refractivity contribution < 1.29 is 13.2 Å². The number of aliphatic imine (C=N–C) groups is 1. The third-order valence-corrected chi connectivity index (χ3v) is 2.99. The lowest BCUT2D eigenvalue weighted by atomic mass is 10.3. The molecule has 4 nitrogen and oxygen atoms in total. The SMILES string of the molecule is CCNC(=NCC(C)N(CC)CC)NCCC(F)(F)F. The molecule has 0 aliphatic carbocycles. The van der Waals surface area contributed by atoms with Crippen LogP contribution in [0.15, 0.2) is 4.99 Å². The Hall–Kier alpha value is -0.980. The Labute approximate surface area is 119 Å². The second kappa shape index (κ2) is 9.85. The average Bonchev–Trinajstić information content (AvgIpc) is 2.36. The van der Waals surface area contributed by atoms with Crippen molar-refractivity contribution in [1.82, 2.24) is 15.5 Å². The molecule has 2 N–H and O–H groups in total. The minimum absolute atomic E-state index is 0.158. The monoisotopic (exact) mass is 296 g/mol. The Morgan fingerprint density at radius 3 is 2.20 bits per heavy atom. The van der Waals surface area contributed by atoms with E-state index in [4.69, 9.17) is 0 Å². The van der Waals surface area contributed by atoms with Crippen LogP contribution in [0, 0.1) is 0 Å². The maximum atomic E-state index is 12.1. The molecule has 0 spiro atoms. The second-order valence-electron chi connectivity index (χ2n) is 4.58. The summed E-state index contributed by atoms with van der Waals surface area (Å²) in [6, 6.07) is 0.267. The molecule has 0 aliphatic heterocycles. The zero-order chi connectivity index (χ0) is 15.6. The predicted molar refractivity (Wildman–Crippen MR) is 77.0 cm³/mol. The summed E-state index contributed by atoms with van der Waals surface area (Å²) in [6.45, 7) is 11.0. The zero-order valence-corrected chi connectivity index (χ0v) is 12.8. The van der Waals surface area contributed by atoms with Crippen LogP contribution >= 0.6 is 0 Å². The van der Waals surface area contributed by atoms with Crippen molar-refractivity contribution in [2.45, 2.75) is 46.3 Å². The zero-order valence-electron chi connectivity index (χ0n) is 12.8. The second-order valence-corrected chi connectivity index (χ2v) is 4.58. The van der Waals surface area contributed by atoms with Gasteiger partial charge in [-0.2, -0.15) is 13.2 Å². The number of halogens is 3. The quantitative estimate of drug-likeness (QED) is 0.533. The van der Waals surface area contributed by atoms with Gasteiger partial charge >= 0.3 is 6.18 Å². The Kier molecular flexibility index (Phi) is 9.37. The lowest BCUT2D eigenvalue weighted by Gasteiger charge is -2.25. The molecule has 0 saturated heterocycles. The molecular weight excluding hydrogens is 269 g/mol. The van der Waals surface area contributed by atoms with Gasteiger partial charge in [0.1, 0.15) is 0 Å². The van der Waals surface area contributed by atoms with Crippen molar-refractivity contribution in [3.8, 4) is 0 Å². The van der Waals surface area contributed by atoms with Crippen LogP contribution in [0.2, 0.25) is 0 Å². The Bertz CT molecular complexity index is 275. The molecule has 120 valence electrons. The normalized spacial score (nSPS) is 14.5. The Balaban J connectivity index is 4.32. The van der Waals surface area contributed by atoms with Gasteiger partial charge in [-0.25, -0.2) is 0 Å². The van der Waals surface area contributed by atoms with Gasteiger partial charge in [0.15, 0.2) is 5.96 Å². The van der Waals surface area contributed by atoms with Crippen LogP contribution in [0.3, 0.4) is 0 Å². The molecule has 0 aromatic carbocycles. The van der Waals surface area contributed by atoms with Gasteiger partial charge in [-0.05, 0) is 26.9 Å². The van der Waals surface area contributed by atoms with E-state index in [1.54, 1.807) is 0 Å². The van der Waals surface area contributed by atoms with Crippen molar-refractivity contribution in [3.63, 3.8) is 0 Å². The molecule has 0 radical (unpaired) electrons. The predicted octanol–water partition coefficient (Wildman–Crippen LogP) is 2.22. The molecule has 1 atom stereocenters. The number of hydrogen-bond donors (Lipinski definition) is 2. The third-order valence-electron chi connectivity index (χ3n) is 2.99. The molecule has 1 unspecified atom stereocenters. The topological polar surface area (TPSA) is 39.7 Å². The number of guanidine groups is 1. The number of likely N-dealkylation sites (N-methyl/N-ethyl adjacent to an activating group) is 1. The van der Waals surface area contributed by atoms with E-state index < -0.39 is 12.6 Å². The molecule has 20 heavy (non-hydrogen) atoms. The fraction of sp³-hybridized carbons (Fsp3) is 0.923. The first-order chi connectivity index (χ1) is 9.34. The molecule has 0 aliphatic rings. The van der Waals surface area contributed by atoms with E-state index in [0.29, 0.717) is 19.0 Å². The number of nitrogens with zero attached hydrogens (tertiary/aromatic N) is 2. The molecule has 7 heteroatoms. The van der Waals surface area contributed by atoms with Gasteiger partial charge in [0.05, 0.1) is 13.0 Å². The van der Waals surface area contributed by atoms with Crippen molar-refractivity contribution in [2.24, 2.45) is 4.99 Å². The molecule has 0 heterocycles. The first kappa shape index (κ1) is 19.0. The highest BCUT2D eigenvalue weighted by Gasteiger charge is 2.26. The van der Waals surface area contributed by atoms with E-state index >= 15 is 0 Å². The van der Waals surface area contributed by atoms with Crippen molar-refractivity contribution in [3.05, 3.63) is 0 Å². The summed E-state index contributed by atoms with van der Waals surface area (Å²) in [5.74, 6) is 0.441. The van der Waals surface area contributed by atoms with Gasteiger partial charge < -0.3 is 10.6 Å². The summed E-state index contributed by atoms with van der Waals surface area (Å²) >= 11 is 0. The van der Waals surface area contributed by atoms with Crippen molar-refractivity contribution >= 4 is 5.96 Å². The molecule has 0 aromatic rings. The van der Waals surface area contributed by atoms with Crippen molar-refractivity contribution in [2.75, 3.05) is 32.7 Å². The summed E-state index contributed by atoms with van der Waals surface area (Å²) in [6.07, 6.45) is -5.00. The lowest BCUT2D eigenvalue weighted by Crippen LogP contribution is -2.41. The minimum Gasteiger partial charge on any atom is -0.357 e. The summed E-state index contributed by atoms with van der Waals surface area (Å²) in [5.41, 5.74) is 0. The highest BCUT2D eigenvalue weighted by atomic mass is 19.4. The van der Waals surface area contributed by atoms with Crippen LogP contribution in [0.5, 0.6) is 0 Å². The van der Waals surface area contributed by atoms with Crippen LogP contribution in [0.25, 0.3) is 0 Å². The van der Waals surface area contributed by atoms with Gasteiger partial charge in [-0.15, -0.1) is 0 Å². The molecule has 0 fully saturated rings. The Morgan fingerprint density at radius 1 is 1.15 bits per heavy atom. The number of nitrogens with one attached hydrogen (secondary N) is 2. The number of alkyl halides is 3. The van der Waals surface area contributed by atoms with E-state index in [0.717, 1.165) is 13.1 Å². The van der Waals surface area contributed by atoms with E-state index in [9.17, 15) is 13.2 Å². The first-order valence-corrected chi connectivity index (χ1v) is 7.17. The fourth-order valence-electron chi connectivity index (χ4n) is 1.85. The minimum atomic E-state index is -4.14. The van der Waals surface area contributed by atoms with Gasteiger partial charge in [-0.1, -0.05) is 13.8 Å². The first-order valence-electron chi connectivity index (χ1n) is 7.17. The summed E-state index contributed by atoms with van der Waals surface area (Å²) < 4.78 is 36.3. The molecular formula is C13H27F3N4.